The quantitative estimate of drug-likeness (QED) is 0.588. The lowest BCUT2D eigenvalue weighted by atomic mass is 10.1. The van der Waals surface area contributed by atoms with Gasteiger partial charge in [-0.2, -0.15) is 4.98 Å². The van der Waals surface area contributed by atoms with Crippen LogP contribution in [0.1, 0.15) is 47.2 Å². The van der Waals surface area contributed by atoms with Crippen molar-refractivity contribution in [3.63, 3.8) is 0 Å². The standard InChI is InChI=1S/C23H24N4O5S/c1-13-6-14(2)8-17(7-13)26-33(29,30)20-10-19-18(9-15(20)3)27(22(28)12-31-19)11-21-24-23(32-25-21)16-4-5-16/h6-10,16,26H,4-5,11-12H2,1-3H3. The van der Waals surface area contributed by atoms with Gasteiger partial charge in [0.25, 0.3) is 15.9 Å². The number of carbonyl (C=O) groups is 1. The first-order chi connectivity index (χ1) is 15.7. The fourth-order valence-electron chi connectivity index (χ4n) is 4.01. The number of hydrogen-bond donors (Lipinski definition) is 1. The van der Waals surface area contributed by atoms with Crippen LogP contribution in [0.15, 0.2) is 39.8 Å². The molecule has 1 aliphatic heterocycles. The van der Waals surface area contributed by atoms with Crippen molar-refractivity contribution in [2.75, 3.05) is 16.2 Å². The van der Waals surface area contributed by atoms with Gasteiger partial charge in [-0.1, -0.05) is 11.2 Å². The number of fused-ring (bicyclic) bond motifs is 1. The van der Waals surface area contributed by atoms with Gasteiger partial charge < -0.3 is 9.26 Å². The summed E-state index contributed by atoms with van der Waals surface area (Å²) < 4.78 is 39.9. The van der Waals surface area contributed by atoms with Gasteiger partial charge in [0.05, 0.1) is 17.1 Å². The molecule has 0 bridgehead atoms. The number of amides is 1. The molecule has 0 atom stereocenters. The molecule has 1 aromatic heterocycles. The summed E-state index contributed by atoms with van der Waals surface area (Å²) in [6.07, 6.45) is 2.07. The van der Waals surface area contributed by atoms with Crippen LogP contribution in [0.4, 0.5) is 11.4 Å². The Morgan fingerprint density at radius 3 is 2.52 bits per heavy atom. The van der Waals surface area contributed by atoms with E-state index >= 15 is 0 Å². The number of anilines is 2. The molecule has 2 heterocycles. The number of ether oxygens (including phenoxy) is 1. The Kier molecular flexibility index (Phi) is 5.12. The van der Waals surface area contributed by atoms with Gasteiger partial charge in [-0.05, 0) is 68.5 Å². The Labute approximate surface area is 191 Å². The topological polar surface area (TPSA) is 115 Å². The van der Waals surface area contributed by atoms with Gasteiger partial charge in [-0.15, -0.1) is 0 Å². The van der Waals surface area contributed by atoms with Gasteiger partial charge in [0.15, 0.2) is 12.4 Å². The lowest BCUT2D eigenvalue weighted by molar-refractivity contribution is -0.121. The Balaban J connectivity index is 1.45. The van der Waals surface area contributed by atoms with E-state index in [0.29, 0.717) is 40.3 Å². The molecule has 172 valence electrons. The van der Waals surface area contributed by atoms with Crippen molar-refractivity contribution in [1.82, 2.24) is 10.1 Å². The molecule has 10 heteroatoms. The number of aromatic nitrogens is 2. The summed E-state index contributed by atoms with van der Waals surface area (Å²) in [4.78, 5) is 18.6. The molecule has 0 unspecified atom stereocenters. The molecule has 1 N–H and O–H groups in total. The lowest BCUT2D eigenvalue weighted by Crippen LogP contribution is -2.38. The normalized spacial score (nSPS) is 15.8. The van der Waals surface area contributed by atoms with E-state index in [9.17, 15) is 13.2 Å². The van der Waals surface area contributed by atoms with E-state index in [2.05, 4.69) is 14.9 Å². The molecule has 1 saturated carbocycles. The minimum absolute atomic E-state index is 0.0882. The van der Waals surface area contributed by atoms with Crippen LogP contribution in [0, 0.1) is 20.8 Å². The molecule has 0 radical (unpaired) electrons. The minimum Gasteiger partial charge on any atom is -0.482 e. The van der Waals surface area contributed by atoms with Gasteiger partial charge in [-0.3, -0.25) is 14.4 Å². The van der Waals surface area contributed by atoms with Crippen LogP contribution < -0.4 is 14.4 Å². The van der Waals surface area contributed by atoms with Gasteiger partial charge in [0.2, 0.25) is 5.89 Å². The molecule has 2 aromatic carbocycles. The summed E-state index contributed by atoms with van der Waals surface area (Å²) >= 11 is 0. The molecule has 0 spiro atoms. The third kappa shape index (κ3) is 4.30. The SMILES string of the molecule is Cc1cc(C)cc(NS(=O)(=O)c2cc3c(cc2C)N(Cc2noc(C4CC4)n2)C(=O)CO3)c1. The van der Waals surface area contributed by atoms with Crippen LogP contribution in [0.5, 0.6) is 5.75 Å². The van der Waals surface area contributed by atoms with Crippen molar-refractivity contribution in [2.24, 2.45) is 0 Å². The molecular weight excluding hydrogens is 444 g/mol. The molecule has 9 nitrogen and oxygen atoms in total. The molecule has 1 aliphatic carbocycles. The summed E-state index contributed by atoms with van der Waals surface area (Å²) in [6, 6.07) is 8.62. The molecule has 2 aliphatic rings. The maximum Gasteiger partial charge on any atom is 0.265 e. The third-order valence-corrected chi connectivity index (χ3v) is 7.20. The number of rotatable bonds is 6. The van der Waals surface area contributed by atoms with E-state index in [4.69, 9.17) is 9.26 Å². The highest BCUT2D eigenvalue weighted by atomic mass is 32.2. The van der Waals surface area contributed by atoms with Crippen LogP contribution >= 0.6 is 0 Å². The van der Waals surface area contributed by atoms with E-state index in [1.807, 2.05) is 19.9 Å². The van der Waals surface area contributed by atoms with Crippen LogP contribution in [0.3, 0.4) is 0 Å². The molecule has 5 rings (SSSR count). The van der Waals surface area contributed by atoms with E-state index < -0.39 is 10.0 Å². The van der Waals surface area contributed by atoms with Crippen molar-refractivity contribution >= 4 is 27.3 Å². The minimum atomic E-state index is -3.87. The van der Waals surface area contributed by atoms with Gasteiger partial charge >= 0.3 is 0 Å². The average Bonchev–Trinajstić information content (AvgIpc) is 3.47. The number of sulfonamides is 1. The second kappa shape index (κ2) is 7.87. The maximum atomic E-state index is 13.2. The number of carbonyl (C=O) groups excluding carboxylic acids is 1. The fourth-order valence-corrected chi connectivity index (χ4v) is 5.29. The van der Waals surface area contributed by atoms with Crippen molar-refractivity contribution in [3.8, 4) is 5.75 Å². The average molecular weight is 469 g/mol. The lowest BCUT2D eigenvalue weighted by Gasteiger charge is -2.29. The second-order valence-corrected chi connectivity index (χ2v) is 10.3. The fraction of sp³-hybridized carbons (Fsp3) is 0.348. The molecular formula is C23H24N4O5S. The van der Waals surface area contributed by atoms with E-state index in [1.165, 1.54) is 11.0 Å². The van der Waals surface area contributed by atoms with E-state index in [0.717, 1.165) is 24.0 Å². The number of nitrogens with one attached hydrogen (secondary N) is 1. The number of aryl methyl sites for hydroxylation is 3. The van der Waals surface area contributed by atoms with Gasteiger partial charge in [-0.25, -0.2) is 8.42 Å². The first-order valence-corrected chi connectivity index (χ1v) is 12.2. The summed E-state index contributed by atoms with van der Waals surface area (Å²) in [5, 5.41) is 3.99. The number of nitrogens with zero attached hydrogens (tertiary/aromatic N) is 3. The van der Waals surface area contributed by atoms with Crippen LogP contribution in [0.2, 0.25) is 0 Å². The van der Waals surface area contributed by atoms with Gasteiger partial charge in [0.1, 0.15) is 5.75 Å². The van der Waals surface area contributed by atoms with Gasteiger partial charge in [0, 0.05) is 17.7 Å². The Morgan fingerprint density at radius 1 is 1.09 bits per heavy atom. The van der Waals surface area contributed by atoms with Crippen LogP contribution in [0.25, 0.3) is 0 Å². The van der Waals surface area contributed by atoms with Crippen molar-refractivity contribution < 1.29 is 22.5 Å². The number of benzene rings is 2. The second-order valence-electron chi connectivity index (χ2n) is 8.66. The summed E-state index contributed by atoms with van der Waals surface area (Å²) in [5.74, 6) is 1.37. The molecule has 1 fully saturated rings. The van der Waals surface area contributed by atoms with Crippen molar-refractivity contribution in [3.05, 3.63) is 58.7 Å². The predicted octanol–water partition coefficient (Wildman–Crippen LogP) is 3.60. The van der Waals surface area contributed by atoms with E-state index in [1.54, 1.807) is 25.1 Å². The highest BCUT2D eigenvalue weighted by molar-refractivity contribution is 7.92. The Bertz CT molecular complexity index is 1340. The Hall–Kier alpha value is -3.40. The highest BCUT2D eigenvalue weighted by Gasteiger charge is 2.32. The first-order valence-electron chi connectivity index (χ1n) is 10.7. The summed E-state index contributed by atoms with van der Waals surface area (Å²) in [7, 11) is -3.87. The Morgan fingerprint density at radius 2 is 1.82 bits per heavy atom. The third-order valence-electron chi connectivity index (χ3n) is 5.67. The smallest absolute Gasteiger partial charge is 0.265 e. The van der Waals surface area contributed by atoms with Crippen molar-refractivity contribution in [1.29, 1.82) is 0 Å². The molecule has 3 aromatic rings. The molecule has 0 saturated heterocycles. The van der Waals surface area contributed by atoms with Crippen LogP contribution in [-0.2, 0) is 21.4 Å². The zero-order valence-electron chi connectivity index (χ0n) is 18.6. The van der Waals surface area contributed by atoms with Crippen LogP contribution in [-0.4, -0.2) is 31.1 Å². The monoisotopic (exact) mass is 468 g/mol. The maximum absolute atomic E-state index is 13.2. The summed E-state index contributed by atoms with van der Waals surface area (Å²) in [5.41, 5.74) is 3.37. The molecule has 33 heavy (non-hydrogen) atoms. The highest BCUT2D eigenvalue weighted by Crippen LogP contribution is 2.40. The van der Waals surface area contributed by atoms with E-state index in [-0.39, 0.29) is 24.0 Å². The number of hydrogen-bond acceptors (Lipinski definition) is 7. The first kappa shape index (κ1) is 21.4. The zero-order valence-corrected chi connectivity index (χ0v) is 19.4. The van der Waals surface area contributed by atoms with Crippen molar-refractivity contribution in [2.45, 2.75) is 51.0 Å². The predicted molar refractivity (Wildman–Crippen MR) is 121 cm³/mol. The zero-order chi connectivity index (χ0) is 23.3. The summed E-state index contributed by atoms with van der Waals surface area (Å²) in [6.45, 7) is 5.43. The molecule has 1 amide bonds. The largest absolute Gasteiger partial charge is 0.482 e.